The molecule has 1 saturated heterocycles. The van der Waals surface area contributed by atoms with E-state index in [-0.39, 0.29) is 18.2 Å². The molecule has 1 unspecified atom stereocenters. The number of ether oxygens (including phenoxy) is 2. The molecule has 0 spiro atoms. The van der Waals surface area contributed by atoms with Gasteiger partial charge in [-0.25, -0.2) is 4.79 Å². The monoisotopic (exact) mass is 318 g/mol. The van der Waals surface area contributed by atoms with Crippen LogP contribution in [0.4, 0.5) is 10.5 Å². The maximum atomic E-state index is 12.1. The van der Waals surface area contributed by atoms with Gasteiger partial charge in [0.2, 0.25) is 5.91 Å². The molecule has 2 amide bonds. The first-order chi connectivity index (χ1) is 11.0. The van der Waals surface area contributed by atoms with E-state index in [1.807, 2.05) is 0 Å². The fraction of sp³-hybridized carbons (Fsp3) is 0.438. The Hall–Kier alpha value is -2.57. The van der Waals surface area contributed by atoms with Gasteiger partial charge in [-0.2, -0.15) is 0 Å². The molecule has 1 N–H and O–H groups in total. The lowest BCUT2D eigenvalue weighted by atomic mass is 10.1. The van der Waals surface area contributed by atoms with Crippen molar-refractivity contribution in [3.05, 3.63) is 23.8 Å². The number of hydrogen-bond donors (Lipinski definition) is 1. The molecule has 122 valence electrons. The molecule has 7 nitrogen and oxygen atoms in total. The average Bonchev–Trinajstić information content (AvgIpc) is 2.80. The van der Waals surface area contributed by atoms with Crippen molar-refractivity contribution in [1.29, 1.82) is 0 Å². The summed E-state index contributed by atoms with van der Waals surface area (Å²) in [6.07, 6.45) is 0.235. The van der Waals surface area contributed by atoms with Crippen LogP contribution in [0.25, 0.3) is 0 Å². The fourth-order valence-electron chi connectivity index (χ4n) is 2.68. The highest BCUT2D eigenvalue weighted by molar-refractivity contribution is 6.01. The van der Waals surface area contributed by atoms with Gasteiger partial charge in [0.05, 0.1) is 25.3 Å². The van der Waals surface area contributed by atoms with E-state index in [0.717, 1.165) is 0 Å². The van der Waals surface area contributed by atoms with E-state index in [1.54, 1.807) is 18.2 Å². The van der Waals surface area contributed by atoms with E-state index in [9.17, 15) is 14.4 Å². The van der Waals surface area contributed by atoms with Gasteiger partial charge in [-0.3, -0.25) is 14.5 Å². The topological polar surface area (TPSA) is 84.9 Å². The van der Waals surface area contributed by atoms with E-state index in [2.05, 4.69) is 5.32 Å². The smallest absolute Gasteiger partial charge is 0.414 e. The molecule has 2 aliphatic heterocycles. The van der Waals surface area contributed by atoms with Crippen LogP contribution in [-0.2, 0) is 9.53 Å². The highest BCUT2D eigenvalue weighted by Crippen LogP contribution is 2.30. The molecule has 1 atom stereocenters. The van der Waals surface area contributed by atoms with Gasteiger partial charge in [0.25, 0.3) is 0 Å². The molecule has 1 aromatic rings. The van der Waals surface area contributed by atoms with Crippen LogP contribution in [0.1, 0.15) is 30.1 Å². The third-order valence-corrected chi connectivity index (χ3v) is 3.83. The molecule has 0 saturated carbocycles. The molecule has 0 radical (unpaired) electrons. The summed E-state index contributed by atoms with van der Waals surface area (Å²) in [6.45, 7) is 2.52. The summed E-state index contributed by atoms with van der Waals surface area (Å²) in [5.74, 6) is 0.396. The SMILES string of the molecule is CC(=O)NCC1CN(c2ccc3c(c2)C(=O)CCCO3)C(=O)O1. The maximum Gasteiger partial charge on any atom is 0.414 e. The number of hydrogen-bond acceptors (Lipinski definition) is 5. The molecule has 0 aliphatic carbocycles. The first kappa shape index (κ1) is 15.3. The molecular weight excluding hydrogens is 300 g/mol. The molecule has 1 aromatic carbocycles. The van der Waals surface area contributed by atoms with Crippen LogP contribution < -0.4 is 15.0 Å². The van der Waals surface area contributed by atoms with Crippen molar-refractivity contribution in [1.82, 2.24) is 5.32 Å². The number of Topliss-reactive ketones (excluding diaryl/α,β-unsaturated/α-hetero) is 1. The van der Waals surface area contributed by atoms with E-state index in [0.29, 0.717) is 43.0 Å². The second-order valence-electron chi connectivity index (χ2n) is 5.61. The number of ketones is 1. The Labute approximate surface area is 133 Å². The predicted molar refractivity (Wildman–Crippen MR) is 81.8 cm³/mol. The van der Waals surface area contributed by atoms with E-state index in [4.69, 9.17) is 9.47 Å². The maximum absolute atomic E-state index is 12.1. The summed E-state index contributed by atoms with van der Waals surface area (Å²) in [5.41, 5.74) is 1.09. The number of rotatable bonds is 3. The van der Waals surface area contributed by atoms with Crippen molar-refractivity contribution in [2.45, 2.75) is 25.9 Å². The third kappa shape index (κ3) is 3.28. The number of carbonyl (C=O) groups is 3. The Kier molecular flexibility index (Phi) is 4.18. The molecule has 0 bridgehead atoms. The molecule has 7 heteroatoms. The Bertz CT molecular complexity index is 658. The summed E-state index contributed by atoms with van der Waals surface area (Å²) in [4.78, 5) is 36.6. The lowest BCUT2D eigenvalue weighted by Gasteiger charge is -2.15. The number of cyclic esters (lactones) is 1. The molecular formula is C16H18N2O5. The molecule has 3 rings (SSSR count). The van der Waals surface area contributed by atoms with Crippen LogP contribution in [0.2, 0.25) is 0 Å². The number of benzene rings is 1. The molecule has 0 aromatic heterocycles. The Morgan fingerprint density at radius 2 is 2.22 bits per heavy atom. The van der Waals surface area contributed by atoms with Gasteiger partial charge in [-0.1, -0.05) is 0 Å². The van der Waals surface area contributed by atoms with Crippen molar-refractivity contribution < 1.29 is 23.9 Å². The van der Waals surface area contributed by atoms with Crippen LogP contribution in [0.15, 0.2) is 18.2 Å². The van der Waals surface area contributed by atoms with Crippen molar-refractivity contribution in [3.63, 3.8) is 0 Å². The van der Waals surface area contributed by atoms with Crippen molar-refractivity contribution in [3.8, 4) is 5.75 Å². The van der Waals surface area contributed by atoms with Gasteiger partial charge in [0, 0.05) is 19.0 Å². The molecule has 1 fully saturated rings. The van der Waals surface area contributed by atoms with Crippen LogP contribution >= 0.6 is 0 Å². The Morgan fingerprint density at radius 1 is 1.39 bits per heavy atom. The van der Waals surface area contributed by atoms with E-state index < -0.39 is 12.2 Å². The summed E-state index contributed by atoms with van der Waals surface area (Å²) in [7, 11) is 0. The second-order valence-corrected chi connectivity index (χ2v) is 5.61. The average molecular weight is 318 g/mol. The van der Waals surface area contributed by atoms with Crippen LogP contribution in [0.3, 0.4) is 0 Å². The minimum Gasteiger partial charge on any atom is -0.493 e. The fourth-order valence-corrected chi connectivity index (χ4v) is 2.68. The zero-order valence-electron chi connectivity index (χ0n) is 12.8. The molecule has 2 aliphatic rings. The van der Waals surface area contributed by atoms with Gasteiger partial charge in [-0.15, -0.1) is 0 Å². The third-order valence-electron chi connectivity index (χ3n) is 3.83. The number of nitrogens with one attached hydrogen (secondary N) is 1. The highest BCUT2D eigenvalue weighted by Gasteiger charge is 2.33. The summed E-state index contributed by atoms with van der Waals surface area (Å²) in [6, 6.07) is 5.12. The van der Waals surface area contributed by atoms with Gasteiger partial charge in [0.15, 0.2) is 5.78 Å². The van der Waals surface area contributed by atoms with Gasteiger partial charge >= 0.3 is 6.09 Å². The van der Waals surface area contributed by atoms with Crippen LogP contribution in [0, 0.1) is 0 Å². The lowest BCUT2D eigenvalue weighted by Crippen LogP contribution is -2.33. The molecule has 2 heterocycles. The zero-order chi connectivity index (χ0) is 16.4. The van der Waals surface area contributed by atoms with Crippen molar-refractivity contribution in [2.24, 2.45) is 0 Å². The largest absolute Gasteiger partial charge is 0.493 e. The Balaban J connectivity index is 1.78. The lowest BCUT2D eigenvalue weighted by molar-refractivity contribution is -0.119. The first-order valence-corrected chi connectivity index (χ1v) is 7.57. The Morgan fingerprint density at radius 3 is 3.00 bits per heavy atom. The number of amides is 2. The summed E-state index contributed by atoms with van der Waals surface area (Å²) >= 11 is 0. The molecule has 23 heavy (non-hydrogen) atoms. The zero-order valence-corrected chi connectivity index (χ0v) is 12.8. The van der Waals surface area contributed by atoms with E-state index in [1.165, 1.54) is 11.8 Å². The number of nitrogens with zero attached hydrogens (tertiary/aromatic N) is 1. The van der Waals surface area contributed by atoms with Crippen LogP contribution in [0.5, 0.6) is 5.75 Å². The summed E-state index contributed by atoms with van der Waals surface area (Å²) in [5, 5.41) is 2.63. The van der Waals surface area contributed by atoms with Crippen LogP contribution in [-0.4, -0.2) is 43.6 Å². The quantitative estimate of drug-likeness (QED) is 0.913. The minimum absolute atomic E-state index is 0.0155. The second kappa shape index (κ2) is 6.28. The van der Waals surface area contributed by atoms with Crippen molar-refractivity contribution >= 4 is 23.5 Å². The number of fused-ring (bicyclic) bond motifs is 1. The predicted octanol–water partition coefficient (Wildman–Crippen LogP) is 1.50. The highest BCUT2D eigenvalue weighted by atomic mass is 16.6. The summed E-state index contributed by atoms with van der Waals surface area (Å²) < 4.78 is 10.8. The normalized spacial score (nSPS) is 20.4. The number of anilines is 1. The first-order valence-electron chi connectivity index (χ1n) is 7.57. The minimum atomic E-state index is -0.484. The van der Waals surface area contributed by atoms with Gasteiger partial charge in [0.1, 0.15) is 11.9 Å². The van der Waals surface area contributed by atoms with Gasteiger partial charge in [-0.05, 0) is 24.6 Å². The van der Waals surface area contributed by atoms with Gasteiger partial charge < -0.3 is 14.8 Å². The van der Waals surface area contributed by atoms with E-state index >= 15 is 0 Å². The standard InChI is InChI=1S/C16H18N2O5/c1-10(19)17-8-12-9-18(16(21)23-12)11-4-5-15-13(7-11)14(20)3-2-6-22-15/h4-5,7,12H,2-3,6,8-9H2,1H3,(H,17,19). The van der Waals surface area contributed by atoms with Crippen molar-refractivity contribution in [2.75, 3.05) is 24.6 Å². The number of carbonyl (C=O) groups excluding carboxylic acids is 3.